The van der Waals surface area contributed by atoms with Gasteiger partial charge >= 0.3 is 0 Å². The van der Waals surface area contributed by atoms with Crippen LogP contribution in [0.4, 0.5) is 0 Å². The van der Waals surface area contributed by atoms with E-state index in [-0.39, 0.29) is 5.91 Å². The molecule has 1 aromatic heterocycles. The number of fused-ring (bicyclic) bond motifs is 1. The van der Waals surface area contributed by atoms with Crippen molar-refractivity contribution in [3.05, 3.63) is 23.8 Å². The summed E-state index contributed by atoms with van der Waals surface area (Å²) < 4.78 is 0. The van der Waals surface area contributed by atoms with Crippen LogP contribution in [-0.2, 0) is 4.79 Å². The molecule has 100 valence electrons. The van der Waals surface area contributed by atoms with Crippen molar-refractivity contribution < 1.29 is 4.79 Å². The average Bonchev–Trinajstić information content (AvgIpc) is 2.73. The lowest BCUT2D eigenvalue weighted by Gasteiger charge is -2.26. The molecule has 0 radical (unpaired) electrons. The number of rotatable bonds is 4. The minimum absolute atomic E-state index is 0.103. The SMILES string of the molecule is Cc1ccc2nc(SCC(=O)NC3CCC3)[nH]c2c1. The highest BCUT2D eigenvalue weighted by atomic mass is 32.2. The van der Waals surface area contributed by atoms with Gasteiger partial charge in [0, 0.05) is 6.04 Å². The molecule has 2 aromatic rings. The number of aromatic nitrogens is 2. The Morgan fingerprint density at radius 1 is 1.53 bits per heavy atom. The second-order valence-corrected chi connectivity index (χ2v) is 6.01. The summed E-state index contributed by atoms with van der Waals surface area (Å²) in [5.41, 5.74) is 3.19. The van der Waals surface area contributed by atoms with Crippen molar-refractivity contribution in [2.24, 2.45) is 0 Å². The molecular weight excluding hydrogens is 258 g/mol. The topological polar surface area (TPSA) is 57.8 Å². The number of imidazole rings is 1. The smallest absolute Gasteiger partial charge is 0.230 e. The molecule has 1 saturated carbocycles. The number of benzene rings is 1. The van der Waals surface area contributed by atoms with Crippen LogP contribution in [0.15, 0.2) is 23.4 Å². The van der Waals surface area contributed by atoms with Crippen molar-refractivity contribution in [2.45, 2.75) is 37.4 Å². The molecule has 1 aromatic carbocycles. The number of hydrogen-bond donors (Lipinski definition) is 2. The van der Waals surface area contributed by atoms with Gasteiger partial charge in [-0.25, -0.2) is 4.98 Å². The second kappa shape index (κ2) is 5.25. The summed E-state index contributed by atoms with van der Waals surface area (Å²) in [7, 11) is 0. The van der Waals surface area contributed by atoms with Crippen LogP contribution in [0.2, 0.25) is 0 Å². The number of aryl methyl sites for hydroxylation is 1. The van der Waals surface area contributed by atoms with E-state index in [1.807, 2.05) is 12.1 Å². The van der Waals surface area contributed by atoms with E-state index in [2.05, 4.69) is 28.3 Å². The minimum Gasteiger partial charge on any atom is -0.353 e. The Hall–Kier alpha value is -1.49. The molecular formula is C14H17N3OS. The molecule has 0 unspecified atom stereocenters. The number of H-pyrrole nitrogens is 1. The zero-order valence-electron chi connectivity index (χ0n) is 10.9. The number of thioether (sulfide) groups is 1. The summed E-state index contributed by atoms with van der Waals surface area (Å²) in [6, 6.07) is 6.52. The first-order chi connectivity index (χ1) is 9.20. The van der Waals surface area contributed by atoms with Crippen LogP contribution >= 0.6 is 11.8 Å². The highest BCUT2D eigenvalue weighted by molar-refractivity contribution is 7.99. The van der Waals surface area contributed by atoms with Crippen LogP contribution < -0.4 is 5.32 Å². The quantitative estimate of drug-likeness (QED) is 0.843. The van der Waals surface area contributed by atoms with E-state index in [4.69, 9.17) is 0 Å². The normalized spacial score (nSPS) is 15.4. The maximum absolute atomic E-state index is 11.7. The standard InChI is InChI=1S/C14H17N3OS/c1-9-5-6-11-12(7-9)17-14(16-11)19-8-13(18)15-10-3-2-4-10/h5-7,10H,2-4,8H2,1H3,(H,15,18)(H,16,17). The molecule has 1 amide bonds. The first-order valence-electron chi connectivity index (χ1n) is 6.59. The van der Waals surface area contributed by atoms with Crippen molar-refractivity contribution >= 4 is 28.7 Å². The number of hydrogen-bond acceptors (Lipinski definition) is 3. The highest BCUT2D eigenvalue weighted by Crippen LogP contribution is 2.21. The molecule has 1 aliphatic carbocycles. The summed E-state index contributed by atoms with van der Waals surface area (Å²) >= 11 is 1.46. The lowest BCUT2D eigenvalue weighted by Crippen LogP contribution is -2.40. The first kappa shape index (κ1) is 12.5. The number of aromatic amines is 1. The summed E-state index contributed by atoms with van der Waals surface area (Å²) in [5, 5.41) is 3.84. The van der Waals surface area contributed by atoms with Crippen molar-refractivity contribution in [1.29, 1.82) is 0 Å². The molecule has 0 saturated heterocycles. The molecule has 0 atom stereocenters. The van der Waals surface area contributed by atoms with E-state index in [1.54, 1.807) is 0 Å². The molecule has 19 heavy (non-hydrogen) atoms. The van der Waals surface area contributed by atoms with E-state index in [0.717, 1.165) is 29.0 Å². The summed E-state index contributed by atoms with van der Waals surface area (Å²) in [4.78, 5) is 19.4. The third-order valence-corrected chi connectivity index (χ3v) is 4.30. The maximum Gasteiger partial charge on any atom is 0.230 e. The Balaban J connectivity index is 1.59. The number of carbonyl (C=O) groups excluding carboxylic acids is 1. The van der Waals surface area contributed by atoms with Crippen LogP contribution in [0.3, 0.4) is 0 Å². The first-order valence-corrected chi connectivity index (χ1v) is 7.58. The molecule has 1 aliphatic rings. The maximum atomic E-state index is 11.7. The van der Waals surface area contributed by atoms with Gasteiger partial charge < -0.3 is 10.3 Å². The zero-order valence-corrected chi connectivity index (χ0v) is 11.7. The van der Waals surface area contributed by atoms with Gasteiger partial charge in [-0.05, 0) is 43.9 Å². The van der Waals surface area contributed by atoms with Gasteiger partial charge in [0.25, 0.3) is 0 Å². The number of carbonyl (C=O) groups is 1. The lowest BCUT2D eigenvalue weighted by molar-refractivity contribution is -0.119. The largest absolute Gasteiger partial charge is 0.353 e. The third-order valence-electron chi connectivity index (χ3n) is 3.43. The van der Waals surface area contributed by atoms with Gasteiger partial charge in [0.2, 0.25) is 5.91 Å². The Morgan fingerprint density at radius 3 is 3.11 bits per heavy atom. The van der Waals surface area contributed by atoms with Gasteiger partial charge in [0.15, 0.2) is 5.16 Å². The fourth-order valence-electron chi connectivity index (χ4n) is 2.12. The van der Waals surface area contributed by atoms with E-state index < -0.39 is 0 Å². The van der Waals surface area contributed by atoms with Crippen molar-refractivity contribution in [3.8, 4) is 0 Å². The molecule has 2 N–H and O–H groups in total. The average molecular weight is 275 g/mol. The van der Waals surface area contributed by atoms with Crippen LogP contribution in [-0.4, -0.2) is 27.7 Å². The molecule has 5 heteroatoms. The zero-order chi connectivity index (χ0) is 13.2. The Morgan fingerprint density at radius 2 is 2.37 bits per heavy atom. The Labute approximate surface area is 116 Å². The number of amides is 1. The predicted molar refractivity (Wildman–Crippen MR) is 77.3 cm³/mol. The van der Waals surface area contributed by atoms with Crippen LogP contribution in [0, 0.1) is 6.92 Å². The molecule has 3 rings (SSSR count). The number of nitrogens with zero attached hydrogens (tertiary/aromatic N) is 1. The Kier molecular flexibility index (Phi) is 3.46. The molecule has 0 bridgehead atoms. The van der Waals surface area contributed by atoms with Crippen molar-refractivity contribution in [1.82, 2.24) is 15.3 Å². The van der Waals surface area contributed by atoms with Crippen LogP contribution in [0.1, 0.15) is 24.8 Å². The van der Waals surface area contributed by atoms with E-state index in [1.165, 1.54) is 23.7 Å². The van der Waals surface area contributed by atoms with Gasteiger partial charge in [-0.1, -0.05) is 17.8 Å². The molecule has 1 fully saturated rings. The summed E-state index contributed by atoms with van der Waals surface area (Å²) in [5.74, 6) is 0.529. The van der Waals surface area contributed by atoms with Crippen LogP contribution in [0.5, 0.6) is 0 Å². The summed E-state index contributed by atoms with van der Waals surface area (Å²) in [6.45, 7) is 2.05. The number of nitrogens with one attached hydrogen (secondary N) is 2. The fourth-order valence-corrected chi connectivity index (χ4v) is 2.82. The molecule has 0 aliphatic heterocycles. The Bertz CT molecular complexity index is 604. The monoisotopic (exact) mass is 275 g/mol. The highest BCUT2D eigenvalue weighted by Gasteiger charge is 2.19. The minimum atomic E-state index is 0.103. The van der Waals surface area contributed by atoms with E-state index >= 15 is 0 Å². The fraction of sp³-hybridized carbons (Fsp3) is 0.429. The van der Waals surface area contributed by atoms with Crippen molar-refractivity contribution in [2.75, 3.05) is 5.75 Å². The molecule has 1 heterocycles. The lowest BCUT2D eigenvalue weighted by atomic mass is 9.93. The van der Waals surface area contributed by atoms with E-state index in [9.17, 15) is 4.79 Å². The predicted octanol–water partition coefficient (Wildman–Crippen LogP) is 2.63. The molecule has 0 spiro atoms. The van der Waals surface area contributed by atoms with Gasteiger partial charge in [0.05, 0.1) is 16.8 Å². The summed E-state index contributed by atoms with van der Waals surface area (Å²) in [6.07, 6.45) is 3.49. The molecule has 4 nitrogen and oxygen atoms in total. The van der Waals surface area contributed by atoms with Crippen molar-refractivity contribution in [3.63, 3.8) is 0 Å². The third kappa shape index (κ3) is 2.92. The van der Waals surface area contributed by atoms with Gasteiger partial charge in [-0.3, -0.25) is 4.79 Å². The van der Waals surface area contributed by atoms with Crippen LogP contribution in [0.25, 0.3) is 11.0 Å². The van der Waals surface area contributed by atoms with Gasteiger partial charge in [-0.15, -0.1) is 0 Å². The second-order valence-electron chi connectivity index (χ2n) is 5.05. The van der Waals surface area contributed by atoms with Gasteiger partial charge in [0.1, 0.15) is 0 Å². The van der Waals surface area contributed by atoms with E-state index in [0.29, 0.717) is 11.8 Å². The van der Waals surface area contributed by atoms with Gasteiger partial charge in [-0.2, -0.15) is 0 Å².